The lowest BCUT2D eigenvalue weighted by Crippen LogP contribution is -2.24. The second-order valence-electron chi connectivity index (χ2n) is 9.53. The molecule has 0 spiro atoms. The topological polar surface area (TPSA) is 114 Å². The number of aliphatic imine (C=N–C) groups is 1. The fourth-order valence-electron chi connectivity index (χ4n) is 5.29. The molecule has 6 aromatic rings. The Bertz CT molecular complexity index is 2000. The van der Waals surface area contributed by atoms with E-state index in [1.165, 1.54) is 12.1 Å². The van der Waals surface area contributed by atoms with E-state index in [9.17, 15) is 9.18 Å². The van der Waals surface area contributed by atoms with Gasteiger partial charge in [-0.1, -0.05) is 30.3 Å². The van der Waals surface area contributed by atoms with Crippen LogP contribution in [0.4, 0.5) is 10.2 Å². The molecule has 4 N–H and O–H groups in total. The monoisotopic (exact) mass is 518 g/mol. The molecule has 3 aromatic carbocycles. The van der Waals surface area contributed by atoms with Crippen LogP contribution in [0.25, 0.3) is 44.3 Å². The minimum absolute atomic E-state index is 0.238. The highest BCUT2D eigenvalue weighted by molar-refractivity contribution is 6.08. The van der Waals surface area contributed by atoms with Crippen LogP contribution in [-0.4, -0.2) is 27.3 Å². The molecule has 3 aromatic heterocycles. The maximum Gasteiger partial charge on any atom is 0.200 e. The number of para-hydroxylation sites is 1. The van der Waals surface area contributed by atoms with Gasteiger partial charge < -0.3 is 20.5 Å². The Hall–Kier alpha value is -5.18. The molecule has 4 heterocycles. The number of hydrogen-bond acceptors (Lipinski definition) is 6. The van der Waals surface area contributed by atoms with Crippen LogP contribution in [0.5, 0.6) is 0 Å². The highest BCUT2D eigenvalue weighted by Crippen LogP contribution is 2.38. The van der Waals surface area contributed by atoms with Crippen molar-refractivity contribution in [2.75, 3.05) is 12.0 Å². The molecule has 0 bridgehead atoms. The largest absolute Gasteiger partial charge is 0.458 e. The van der Waals surface area contributed by atoms with Crippen molar-refractivity contribution in [1.82, 2.24) is 14.8 Å². The number of nitrogens with two attached hydrogens (primary N) is 1. The van der Waals surface area contributed by atoms with Gasteiger partial charge in [-0.05, 0) is 55.0 Å². The van der Waals surface area contributed by atoms with Crippen LogP contribution < -0.4 is 16.5 Å². The molecular formula is C30H23FN6O2. The van der Waals surface area contributed by atoms with Gasteiger partial charge >= 0.3 is 0 Å². The first-order valence-electron chi connectivity index (χ1n) is 12.6. The van der Waals surface area contributed by atoms with Gasteiger partial charge in [-0.3, -0.25) is 4.79 Å². The minimum Gasteiger partial charge on any atom is -0.458 e. The molecule has 1 aliphatic heterocycles. The van der Waals surface area contributed by atoms with Crippen LogP contribution in [0.3, 0.4) is 0 Å². The van der Waals surface area contributed by atoms with Crippen LogP contribution in [0, 0.1) is 5.82 Å². The zero-order valence-electron chi connectivity index (χ0n) is 20.9. The van der Waals surface area contributed by atoms with Crippen molar-refractivity contribution in [2.24, 2.45) is 10.7 Å². The summed E-state index contributed by atoms with van der Waals surface area (Å²) in [6.45, 7) is 2.18. The van der Waals surface area contributed by atoms with Crippen molar-refractivity contribution in [3.8, 4) is 22.4 Å². The maximum absolute atomic E-state index is 14.3. The zero-order valence-corrected chi connectivity index (χ0v) is 20.9. The highest BCUT2D eigenvalue weighted by Gasteiger charge is 2.30. The molecule has 7 rings (SSSR count). The van der Waals surface area contributed by atoms with E-state index in [4.69, 9.17) is 15.2 Å². The van der Waals surface area contributed by atoms with Gasteiger partial charge in [0.1, 0.15) is 47.2 Å². The van der Waals surface area contributed by atoms with E-state index in [1.54, 1.807) is 35.0 Å². The quantitative estimate of drug-likeness (QED) is 0.279. The molecule has 1 unspecified atom stereocenters. The molecule has 9 heteroatoms. The van der Waals surface area contributed by atoms with Crippen molar-refractivity contribution in [2.45, 2.75) is 13.0 Å². The predicted molar refractivity (Wildman–Crippen MR) is 150 cm³/mol. The molecule has 8 nitrogen and oxygen atoms in total. The average molecular weight is 519 g/mol. The Morgan fingerprint density at radius 3 is 2.77 bits per heavy atom. The minimum atomic E-state index is -0.558. The number of fused-ring (bicyclic) bond motifs is 3. The Morgan fingerprint density at radius 2 is 1.90 bits per heavy atom. The summed E-state index contributed by atoms with van der Waals surface area (Å²) < 4.78 is 22.5. The van der Waals surface area contributed by atoms with E-state index < -0.39 is 11.9 Å². The number of benzene rings is 3. The number of nitrogens with zero attached hydrogens (tertiary/aromatic N) is 3. The first-order chi connectivity index (χ1) is 19.0. The molecule has 1 aliphatic rings. The van der Waals surface area contributed by atoms with Crippen molar-refractivity contribution in [1.29, 1.82) is 0 Å². The van der Waals surface area contributed by atoms with Gasteiger partial charge in [-0.2, -0.15) is 5.10 Å². The molecular weight excluding hydrogens is 495 g/mol. The fraction of sp³-hybridized carbons (Fsp3) is 0.100. The van der Waals surface area contributed by atoms with E-state index in [1.807, 2.05) is 43.5 Å². The van der Waals surface area contributed by atoms with Gasteiger partial charge in [0.2, 0.25) is 5.43 Å². The summed E-state index contributed by atoms with van der Waals surface area (Å²) in [6, 6.07) is 20.5. The SMILES string of the molecule is CC(c1oc2ccccc2c(=O)c1-c1cccc(F)c1)n1nc(-c2ccc3[nH]ccc3c2)c2c1NCN=C2N. The van der Waals surface area contributed by atoms with Crippen molar-refractivity contribution >= 4 is 33.5 Å². The van der Waals surface area contributed by atoms with E-state index in [-0.39, 0.29) is 17.7 Å². The summed E-state index contributed by atoms with van der Waals surface area (Å²) in [4.78, 5) is 21.4. The average Bonchev–Trinajstić information content (AvgIpc) is 3.58. The normalized spacial score (nSPS) is 13.7. The summed E-state index contributed by atoms with van der Waals surface area (Å²) in [7, 11) is 0. The number of halogens is 1. The Balaban J connectivity index is 1.47. The lowest BCUT2D eigenvalue weighted by Gasteiger charge is -2.20. The van der Waals surface area contributed by atoms with Gasteiger partial charge in [0.15, 0.2) is 0 Å². The van der Waals surface area contributed by atoms with Crippen molar-refractivity contribution < 1.29 is 8.81 Å². The molecule has 39 heavy (non-hydrogen) atoms. The molecule has 0 aliphatic carbocycles. The summed E-state index contributed by atoms with van der Waals surface area (Å²) >= 11 is 0. The molecule has 0 fully saturated rings. The molecule has 0 saturated carbocycles. The van der Waals surface area contributed by atoms with Crippen LogP contribution in [0.15, 0.2) is 93.2 Å². The third-order valence-corrected chi connectivity index (χ3v) is 7.17. The summed E-state index contributed by atoms with van der Waals surface area (Å²) in [5.41, 5.74) is 10.5. The number of H-pyrrole nitrogens is 1. The summed E-state index contributed by atoms with van der Waals surface area (Å²) in [5.74, 6) is 0.963. The first kappa shape index (κ1) is 23.0. The maximum atomic E-state index is 14.3. The molecule has 192 valence electrons. The zero-order chi connectivity index (χ0) is 26.7. The van der Waals surface area contributed by atoms with E-state index in [2.05, 4.69) is 15.3 Å². The van der Waals surface area contributed by atoms with Crippen LogP contribution >= 0.6 is 0 Å². The fourth-order valence-corrected chi connectivity index (χ4v) is 5.29. The van der Waals surface area contributed by atoms with Gasteiger partial charge in [0.25, 0.3) is 0 Å². The van der Waals surface area contributed by atoms with Gasteiger partial charge in [-0.25, -0.2) is 14.1 Å². The Labute approximate surface area is 221 Å². The first-order valence-corrected chi connectivity index (χ1v) is 12.6. The number of rotatable bonds is 4. The number of nitrogens with one attached hydrogen (secondary N) is 2. The van der Waals surface area contributed by atoms with Gasteiger partial charge in [0, 0.05) is 22.7 Å². The number of aromatic nitrogens is 3. The van der Waals surface area contributed by atoms with Crippen molar-refractivity contribution in [3.63, 3.8) is 0 Å². The van der Waals surface area contributed by atoms with E-state index in [0.717, 1.165) is 16.5 Å². The van der Waals surface area contributed by atoms with E-state index in [0.29, 0.717) is 45.2 Å². The number of anilines is 1. The smallest absolute Gasteiger partial charge is 0.200 e. The highest BCUT2D eigenvalue weighted by atomic mass is 19.1. The number of aromatic amines is 1. The Morgan fingerprint density at radius 1 is 1.03 bits per heavy atom. The standard InChI is InChI=1S/C30H23FN6O2/c1-16(28-24(18-5-4-6-20(31)14-18)27(38)21-7-2-3-8-23(21)39-28)37-30-25(29(32)34-15-35-30)26(36-37)19-9-10-22-17(13-19)11-12-33-22/h2-14,16,33,35H,15H2,1H3,(H2,32,34). The third-order valence-electron chi connectivity index (χ3n) is 7.17. The lowest BCUT2D eigenvalue weighted by molar-refractivity contribution is 0.442. The molecule has 0 radical (unpaired) electrons. The second kappa shape index (κ2) is 8.70. The van der Waals surface area contributed by atoms with Gasteiger partial charge in [0.05, 0.1) is 16.5 Å². The second-order valence-corrected chi connectivity index (χ2v) is 9.53. The lowest BCUT2D eigenvalue weighted by atomic mass is 9.99. The summed E-state index contributed by atoms with van der Waals surface area (Å²) in [5, 5.41) is 9.75. The predicted octanol–water partition coefficient (Wildman–Crippen LogP) is 5.64. The molecule has 0 amide bonds. The molecule has 1 atom stereocenters. The summed E-state index contributed by atoms with van der Waals surface area (Å²) in [6.07, 6.45) is 1.89. The number of hydrogen-bond donors (Lipinski definition) is 3. The van der Waals surface area contributed by atoms with Crippen molar-refractivity contribution in [3.05, 3.63) is 106 Å². The van der Waals surface area contributed by atoms with E-state index >= 15 is 0 Å². The number of amidine groups is 1. The van der Waals surface area contributed by atoms with Crippen LogP contribution in [-0.2, 0) is 0 Å². The van der Waals surface area contributed by atoms with Crippen LogP contribution in [0.1, 0.15) is 24.3 Å². The Kier molecular flexibility index (Phi) is 5.12. The third kappa shape index (κ3) is 3.62. The van der Waals surface area contributed by atoms with Crippen LogP contribution in [0.2, 0.25) is 0 Å². The van der Waals surface area contributed by atoms with Gasteiger partial charge in [-0.15, -0.1) is 0 Å². The molecule has 0 saturated heterocycles.